The van der Waals surface area contributed by atoms with Crippen LogP contribution in [0.15, 0.2) is 11.0 Å². The van der Waals surface area contributed by atoms with Gasteiger partial charge in [-0.05, 0) is 45.2 Å². The van der Waals surface area contributed by atoms with Gasteiger partial charge in [-0.1, -0.05) is 0 Å². The van der Waals surface area contributed by atoms with Gasteiger partial charge in [0.1, 0.15) is 0 Å². The Morgan fingerprint density at radius 3 is 2.69 bits per heavy atom. The molecule has 70 valence electrons. The van der Waals surface area contributed by atoms with Gasteiger partial charge in [0.05, 0.1) is 13.6 Å². The number of carboxylic acid groups (broad SMARTS) is 1. The molecule has 2 N–H and O–H groups in total. The lowest BCUT2D eigenvalue weighted by Crippen LogP contribution is -2.16. The van der Waals surface area contributed by atoms with Gasteiger partial charge in [-0.15, -0.1) is 0 Å². The molecule has 0 amide bonds. The molecule has 0 aliphatic carbocycles. The third-order valence-electron chi connectivity index (χ3n) is 1.38. The Bertz CT molecular complexity index is 399. The van der Waals surface area contributed by atoms with Crippen LogP contribution < -0.4 is 5.43 Å². The van der Waals surface area contributed by atoms with Crippen LogP contribution >= 0.6 is 45.2 Å². The summed E-state index contributed by atoms with van der Waals surface area (Å²) in [5.74, 6) is -0.949. The molecule has 0 unspecified atom stereocenters. The second kappa shape index (κ2) is 4.40. The van der Waals surface area contributed by atoms with Crippen molar-refractivity contribution in [1.29, 1.82) is 0 Å². The van der Waals surface area contributed by atoms with Crippen LogP contribution in [0.2, 0.25) is 0 Å². The maximum atomic E-state index is 11.3. The second-order valence-corrected chi connectivity index (χ2v) is 4.57. The standard InChI is InChI=1S/C7H5I2NO3/c8-3-2-10-4(1-5(11)12)6(9)7(3)13/h2H,1H2,(H,10,13)(H,11,12). The van der Waals surface area contributed by atoms with E-state index in [9.17, 15) is 9.59 Å². The Morgan fingerprint density at radius 2 is 2.15 bits per heavy atom. The van der Waals surface area contributed by atoms with E-state index in [-0.39, 0.29) is 11.8 Å². The number of carboxylic acids is 1. The fourth-order valence-electron chi connectivity index (χ4n) is 0.801. The normalized spacial score (nSPS) is 10.0. The van der Waals surface area contributed by atoms with Crippen LogP contribution in [-0.4, -0.2) is 16.1 Å². The van der Waals surface area contributed by atoms with Gasteiger partial charge in [0.2, 0.25) is 5.43 Å². The Balaban J connectivity index is 3.18. The van der Waals surface area contributed by atoms with Crippen molar-refractivity contribution in [3.05, 3.63) is 29.3 Å². The predicted octanol–water partition coefficient (Wildman–Crippen LogP) is 1.21. The molecule has 4 nitrogen and oxygen atoms in total. The minimum Gasteiger partial charge on any atom is -0.481 e. The number of hydrogen-bond donors (Lipinski definition) is 2. The topological polar surface area (TPSA) is 70.2 Å². The molecule has 13 heavy (non-hydrogen) atoms. The number of halogens is 2. The van der Waals surface area contributed by atoms with Crippen molar-refractivity contribution in [3.63, 3.8) is 0 Å². The van der Waals surface area contributed by atoms with Crippen LogP contribution in [-0.2, 0) is 11.2 Å². The molecule has 0 aromatic carbocycles. The van der Waals surface area contributed by atoms with Gasteiger partial charge >= 0.3 is 5.97 Å². The van der Waals surface area contributed by atoms with E-state index >= 15 is 0 Å². The monoisotopic (exact) mass is 405 g/mol. The average molecular weight is 405 g/mol. The predicted molar refractivity (Wildman–Crippen MR) is 63.8 cm³/mol. The minimum atomic E-state index is -0.949. The van der Waals surface area contributed by atoms with E-state index in [1.165, 1.54) is 6.20 Å². The van der Waals surface area contributed by atoms with Crippen LogP contribution in [0.1, 0.15) is 5.69 Å². The molecule has 0 saturated carbocycles. The summed E-state index contributed by atoms with van der Waals surface area (Å²) in [4.78, 5) is 24.5. The molecule has 1 heterocycles. The van der Waals surface area contributed by atoms with Crippen molar-refractivity contribution in [3.8, 4) is 0 Å². The van der Waals surface area contributed by atoms with Gasteiger partial charge in [-0.25, -0.2) is 0 Å². The van der Waals surface area contributed by atoms with E-state index in [1.807, 2.05) is 45.2 Å². The molecule has 0 atom stereocenters. The van der Waals surface area contributed by atoms with E-state index in [0.717, 1.165) is 0 Å². The number of carbonyl (C=O) groups is 1. The van der Waals surface area contributed by atoms with Crippen LogP contribution in [0.3, 0.4) is 0 Å². The largest absolute Gasteiger partial charge is 0.481 e. The van der Waals surface area contributed by atoms with Crippen molar-refractivity contribution < 1.29 is 9.90 Å². The number of hydrogen-bond acceptors (Lipinski definition) is 2. The third-order valence-corrected chi connectivity index (χ3v) is 3.32. The zero-order valence-electron chi connectivity index (χ0n) is 6.30. The zero-order valence-corrected chi connectivity index (χ0v) is 10.6. The van der Waals surface area contributed by atoms with Crippen molar-refractivity contribution in [1.82, 2.24) is 4.98 Å². The molecular weight excluding hydrogens is 400 g/mol. The van der Waals surface area contributed by atoms with Crippen molar-refractivity contribution in [2.75, 3.05) is 0 Å². The Morgan fingerprint density at radius 1 is 1.54 bits per heavy atom. The molecule has 0 spiro atoms. The van der Waals surface area contributed by atoms with Gasteiger partial charge in [0.25, 0.3) is 0 Å². The van der Waals surface area contributed by atoms with E-state index in [4.69, 9.17) is 5.11 Å². The molecule has 1 rings (SSSR count). The van der Waals surface area contributed by atoms with Gasteiger partial charge in [-0.3, -0.25) is 9.59 Å². The molecule has 0 aliphatic heterocycles. The highest BCUT2D eigenvalue weighted by molar-refractivity contribution is 14.1. The summed E-state index contributed by atoms with van der Waals surface area (Å²) < 4.78 is 1.02. The van der Waals surface area contributed by atoms with Gasteiger partial charge < -0.3 is 10.1 Å². The highest BCUT2D eigenvalue weighted by atomic mass is 127. The molecule has 1 aromatic rings. The van der Waals surface area contributed by atoms with Crippen LogP contribution in [0.4, 0.5) is 0 Å². The number of rotatable bonds is 2. The molecule has 0 bridgehead atoms. The highest BCUT2D eigenvalue weighted by Crippen LogP contribution is 2.07. The number of H-pyrrole nitrogens is 1. The van der Waals surface area contributed by atoms with Crippen molar-refractivity contribution in [2.45, 2.75) is 6.42 Å². The number of pyridine rings is 1. The van der Waals surface area contributed by atoms with Gasteiger partial charge in [0, 0.05) is 11.9 Å². The maximum absolute atomic E-state index is 11.3. The first-order chi connectivity index (χ1) is 6.02. The summed E-state index contributed by atoms with van der Waals surface area (Å²) >= 11 is 3.76. The summed E-state index contributed by atoms with van der Waals surface area (Å²) in [6.07, 6.45) is 1.37. The summed E-state index contributed by atoms with van der Waals surface area (Å²) in [6, 6.07) is 0. The van der Waals surface area contributed by atoms with E-state index < -0.39 is 5.97 Å². The Labute approximate surface area is 101 Å². The second-order valence-electron chi connectivity index (χ2n) is 2.33. The van der Waals surface area contributed by atoms with Crippen LogP contribution in [0.25, 0.3) is 0 Å². The molecule has 0 radical (unpaired) electrons. The number of aromatic amines is 1. The van der Waals surface area contributed by atoms with Gasteiger partial charge in [-0.2, -0.15) is 0 Å². The van der Waals surface area contributed by atoms with Crippen LogP contribution in [0.5, 0.6) is 0 Å². The highest BCUT2D eigenvalue weighted by Gasteiger charge is 2.09. The van der Waals surface area contributed by atoms with Gasteiger partial charge in [0.15, 0.2) is 0 Å². The summed E-state index contributed by atoms with van der Waals surface area (Å²) in [6.45, 7) is 0. The Hall–Kier alpha value is -0.120. The molecule has 0 saturated heterocycles. The van der Waals surface area contributed by atoms with Crippen molar-refractivity contribution in [2.24, 2.45) is 0 Å². The first kappa shape index (κ1) is 11.0. The number of aromatic nitrogens is 1. The van der Waals surface area contributed by atoms with E-state index in [0.29, 0.717) is 12.8 Å². The fraction of sp³-hybridized carbons (Fsp3) is 0.143. The molecular formula is C7H5I2NO3. The maximum Gasteiger partial charge on any atom is 0.309 e. The molecule has 6 heteroatoms. The molecule has 0 fully saturated rings. The first-order valence-electron chi connectivity index (χ1n) is 3.29. The third kappa shape index (κ3) is 2.66. The lowest BCUT2D eigenvalue weighted by atomic mass is 10.3. The summed E-state index contributed by atoms with van der Waals surface area (Å²) in [7, 11) is 0. The van der Waals surface area contributed by atoms with E-state index in [2.05, 4.69) is 4.98 Å². The molecule has 0 aliphatic rings. The summed E-state index contributed by atoms with van der Waals surface area (Å²) in [5, 5.41) is 8.52. The smallest absolute Gasteiger partial charge is 0.309 e. The molecule has 1 aromatic heterocycles. The SMILES string of the molecule is O=C(O)Cc1[nH]cc(I)c(=O)c1I. The quantitative estimate of drug-likeness (QED) is 0.728. The average Bonchev–Trinajstić information content (AvgIpc) is 2.06. The zero-order chi connectivity index (χ0) is 10.0. The lowest BCUT2D eigenvalue weighted by Gasteiger charge is -2.00. The fourth-order valence-corrected chi connectivity index (χ4v) is 2.38. The minimum absolute atomic E-state index is 0.115. The lowest BCUT2D eigenvalue weighted by molar-refractivity contribution is -0.136. The summed E-state index contributed by atoms with van der Waals surface area (Å²) in [5.41, 5.74) is 0.342. The van der Waals surface area contributed by atoms with E-state index in [1.54, 1.807) is 0 Å². The first-order valence-corrected chi connectivity index (χ1v) is 5.45. The number of aliphatic carboxylic acids is 1. The van der Waals surface area contributed by atoms with Crippen molar-refractivity contribution >= 4 is 51.2 Å². The van der Waals surface area contributed by atoms with Crippen LogP contribution in [0, 0.1) is 7.14 Å². The Kier molecular flexibility index (Phi) is 3.71. The number of nitrogens with one attached hydrogen (secondary N) is 1.